The molecule has 1 aliphatic rings. The molecule has 1 saturated heterocycles. The lowest BCUT2D eigenvalue weighted by Gasteiger charge is -2.40. The third-order valence-electron chi connectivity index (χ3n) is 3.64. The largest absolute Gasteiger partial charge is 0.469 e. The van der Waals surface area contributed by atoms with E-state index in [4.69, 9.17) is 4.42 Å². The molecule has 1 aromatic heterocycles. The van der Waals surface area contributed by atoms with Crippen molar-refractivity contribution < 1.29 is 14.0 Å². The maximum absolute atomic E-state index is 12.2. The van der Waals surface area contributed by atoms with Gasteiger partial charge in [0, 0.05) is 12.5 Å². The first-order valence-corrected chi connectivity index (χ1v) is 6.65. The minimum Gasteiger partial charge on any atom is -0.469 e. The van der Waals surface area contributed by atoms with Gasteiger partial charge in [0.05, 0.1) is 6.26 Å². The van der Waals surface area contributed by atoms with Gasteiger partial charge in [-0.15, -0.1) is 0 Å². The summed E-state index contributed by atoms with van der Waals surface area (Å²) in [6.07, 6.45) is 3.19. The summed E-state index contributed by atoms with van der Waals surface area (Å²) < 4.78 is 5.28. The van der Waals surface area contributed by atoms with Crippen molar-refractivity contribution in [2.24, 2.45) is 0 Å². The van der Waals surface area contributed by atoms with Gasteiger partial charge in [0.25, 0.3) is 0 Å². The van der Waals surface area contributed by atoms with Crippen molar-refractivity contribution in [1.29, 1.82) is 0 Å². The molecule has 3 unspecified atom stereocenters. The Labute approximate surface area is 113 Å². The van der Waals surface area contributed by atoms with Crippen LogP contribution in [0.2, 0.25) is 0 Å². The van der Waals surface area contributed by atoms with Gasteiger partial charge in [0.2, 0.25) is 11.8 Å². The predicted octanol–water partition coefficient (Wildman–Crippen LogP) is 1.34. The second-order valence-corrected chi connectivity index (χ2v) is 5.12. The summed E-state index contributed by atoms with van der Waals surface area (Å²) in [4.78, 5) is 25.6. The molecule has 19 heavy (non-hydrogen) atoms. The van der Waals surface area contributed by atoms with Crippen LogP contribution in [0.25, 0.3) is 0 Å². The molecular formula is C14H20N2O3. The Kier molecular flexibility index (Phi) is 3.93. The van der Waals surface area contributed by atoms with Gasteiger partial charge in [-0.3, -0.25) is 9.59 Å². The number of rotatable bonds is 4. The number of carbonyl (C=O) groups is 2. The number of carbonyl (C=O) groups excluding carboxylic acids is 2. The number of furan rings is 1. The molecule has 1 N–H and O–H groups in total. The van der Waals surface area contributed by atoms with E-state index >= 15 is 0 Å². The first-order valence-electron chi connectivity index (χ1n) is 6.65. The third-order valence-corrected chi connectivity index (χ3v) is 3.64. The van der Waals surface area contributed by atoms with E-state index in [-0.39, 0.29) is 17.9 Å². The van der Waals surface area contributed by atoms with Crippen molar-refractivity contribution in [2.75, 3.05) is 0 Å². The van der Waals surface area contributed by atoms with E-state index in [1.807, 2.05) is 19.1 Å². The molecule has 104 valence electrons. The highest BCUT2D eigenvalue weighted by Gasteiger charge is 2.38. The molecule has 0 spiro atoms. The molecule has 0 bridgehead atoms. The summed E-state index contributed by atoms with van der Waals surface area (Å²) in [6.45, 7) is 5.46. The van der Waals surface area contributed by atoms with Crippen LogP contribution >= 0.6 is 0 Å². The van der Waals surface area contributed by atoms with Crippen LogP contribution in [0.15, 0.2) is 22.8 Å². The molecular weight excluding hydrogens is 244 g/mol. The van der Waals surface area contributed by atoms with Gasteiger partial charge >= 0.3 is 0 Å². The summed E-state index contributed by atoms with van der Waals surface area (Å²) in [5.74, 6) is 0.803. The van der Waals surface area contributed by atoms with Gasteiger partial charge in [-0.05, 0) is 39.3 Å². The van der Waals surface area contributed by atoms with E-state index in [9.17, 15) is 9.59 Å². The molecule has 5 heteroatoms. The minimum absolute atomic E-state index is 0.0148. The number of amides is 2. The van der Waals surface area contributed by atoms with Crippen molar-refractivity contribution >= 4 is 11.8 Å². The molecule has 2 heterocycles. The Morgan fingerprint density at radius 1 is 1.42 bits per heavy atom. The fraction of sp³-hybridized carbons (Fsp3) is 0.571. The Hall–Kier alpha value is -1.78. The van der Waals surface area contributed by atoms with Crippen LogP contribution in [-0.2, 0) is 16.0 Å². The van der Waals surface area contributed by atoms with Crippen LogP contribution in [0.5, 0.6) is 0 Å². The van der Waals surface area contributed by atoms with Gasteiger partial charge in [0.15, 0.2) is 0 Å². The maximum Gasteiger partial charge on any atom is 0.245 e. The lowest BCUT2D eigenvalue weighted by molar-refractivity contribution is -0.150. The standard InChI is InChI=1S/C14H20N2O3/c1-9(6-7-12-5-4-8-19-12)16-11(3)13(17)15-10(2)14(16)18/h4-5,8-11H,6-7H2,1-3H3,(H,15,17). The smallest absolute Gasteiger partial charge is 0.245 e. The molecule has 5 nitrogen and oxygen atoms in total. The second kappa shape index (κ2) is 5.47. The van der Waals surface area contributed by atoms with Gasteiger partial charge in [-0.25, -0.2) is 0 Å². The third kappa shape index (κ3) is 2.80. The summed E-state index contributed by atoms with van der Waals surface area (Å²) in [5, 5.41) is 2.68. The molecule has 0 radical (unpaired) electrons. The Bertz CT molecular complexity index is 455. The van der Waals surface area contributed by atoms with E-state index in [0.717, 1.165) is 18.6 Å². The van der Waals surface area contributed by atoms with Crippen molar-refractivity contribution in [3.05, 3.63) is 24.2 Å². The van der Waals surface area contributed by atoms with Gasteiger partial charge in [-0.1, -0.05) is 0 Å². The second-order valence-electron chi connectivity index (χ2n) is 5.12. The van der Waals surface area contributed by atoms with E-state index in [0.29, 0.717) is 0 Å². The zero-order chi connectivity index (χ0) is 14.0. The van der Waals surface area contributed by atoms with Crippen LogP contribution in [0.4, 0.5) is 0 Å². The normalized spacial score (nSPS) is 25.3. The van der Waals surface area contributed by atoms with Crippen molar-refractivity contribution in [2.45, 2.75) is 51.7 Å². The number of nitrogens with one attached hydrogen (secondary N) is 1. The van der Waals surface area contributed by atoms with Crippen LogP contribution in [0.1, 0.15) is 33.0 Å². The molecule has 1 aromatic rings. The first kappa shape index (κ1) is 13.6. The summed E-state index contributed by atoms with van der Waals surface area (Å²) in [5.41, 5.74) is 0. The molecule has 2 amide bonds. The van der Waals surface area contributed by atoms with E-state index in [2.05, 4.69) is 5.32 Å². The van der Waals surface area contributed by atoms with Gasteiger partial charge in [0.1, 0.15) is 17.8 Å². The van der Waals surface area contributed by atoms with Gasteiger partial charge in [-0.2, -0.15) is 0 Å². The average Bonchev–Trinajstić information content (AvgIpc) is 2.87. The fourth-order valence-electron chi connectivity index (χ4n) is 2.48. The predicted molar refractivity (Wildman–Crippen MR) is 70.4 cm³/mol. The quantitative estimate of drug-likeness (QED) is 0.892. The lowest BCUT2D eigenvalue weighted by atomic mass is 10.0. The fourth-order valence-corrected chi connectivity index (χ4v) is 2.48. The Balaban J connectivity index is 2.01. The SMILES string of the molecule is CC1NC(=O)C(C)N(C(C)CCc2ccco2)C1=O. The number of piperazine rings is 1. The molecule has 0 aliphatic carbocycles. The zero-order valence-electron chi connectivity index (χ0n) is 11.6. The van der Waals surface area contributed by atoms with Crippen molar-refractivity contribution in [1.82, 2.24) is 10.2 Å². The number of hydrogen-bond donors (Lipinski definition) is 1. The summed E-state index contributed by atoms with van der Waals surface area (Å²) in [7, 11) is 0. The topological polar surface area (TPSA) is 62.6 Å². The summed E-state index contributed by atoms with van der Waals surface area (Å²) in [6, 6.07) is 2.94. The van der Waals surface area contributed by atoms with E-state index in [1.165, 1.54) is 0 Å². The van der Waals surface area contributed by atoms with Crippen LogP contribution in [0, 0.1) is 0 Å². The van der Waals surface area contributed by atoms with E-state index in [1.54, 1.807) is 25.0 Å². The highest BCUT2D eigenvalue weighted by molar-refractivity contribution is 5.96. The van der Waals surface area contributed by atoms with Crippen LogP contribution in [-0.4, -0.2) is 34.8 Å². The molecule has 0 saturated carbocycles. The molecule has 0 aromatic carbocycles. The maximum atomic E-state index is 12.2. The zero-order valence-corrected chi connectivity index (χ0v) is 11.6. The number of aryl methyl sites for hydroxylation is 1. The molecule has 1 aliphatic heterocycles. The number of nitrogens with zero attached hydrogens (tertiary/aromatic N) is 1. The van der Waals surface area contributed by atoms with Crippen LogP contribution in [0.3, 0.4) is 0 Å². The van der Waals surface area contributed by atoms with Crippen molar-refractivity contribution in [3.63, 3.8) is 0 Å². The highest BCUT2D eigenvalue weighted by Crippen LogP contribution is 2.17. The summed E-state index contributed by atoms with van der Waals surface area (Å²) >= 11 is 0. The van der Waals surface area contributed by atoms with Crippen molar-refractivity contribution in [3.8, 4) is 0 Å². The highest BCUT2D eigenvalue weighted by atomic mass is 16.3. The van der Waals surface area contributed by atoms with Gasteiger partial charge < -0.3 is 14.6 Å². The minimum atomic E-state index is -0.435. The number of hydrogen-bond acceptors (Lipinski definition) is 3. The van der Waals surface area contributed by atoms with Crippen LogP contribution < -0.4 is 5.32 Å². The molecule has 1 fully saturated rings. The molecule has 3 atom stereocenters. The molecule has 2 rings (SSSR count). The monoisotopic (exact) mass is 264 g/mol. The average molecular weight is 264 g/mol. The Morgan fingerprint density at radius 3 is 2.79 bits per heavy atom. The Morgan fingerprint density at radius 2 is 2.16 bits per heavy atom. The lowest BCUT2D eigenvalue weighted by Crippen LogP contribution is -2.63. The first-order chi connectivity index (χ1) is 9.00. The van der Waals surface area contributed by atoms with E-state index < -0.39 is 12.1 Å².